The summed E-state index contributed by atoms with van der Waals surface area (Å²) in [5.41, 5.74) is 1.33. The molecule has 0 unspecified atom stereocenters. The lowest BCUT2D eigenvalue weighted by atomic mass is 9.85. The minimum Gasteiger partial charge on any atom is -0.457 e. The van der Waals surface area contributed by atoms with Gasteiger partial charge in [-0.15, -0.1) is 0 Å². The fraction of sp³-hybridized carbons (Fsp3) is 0.379. The molecule has 1 atom stereocenters. The fourth-order valence-electron chi connectivity index (χ4n) is 5.23. The third-order valence-electron chi connectivity index (χ3n) is 7.27. The van der Waals surface area contributed by atoms with Crippen LogP contribution in [0.2, 0.25) is 0 Å². The predicted molar refractivity (Wildman–Crippen MR) is 137 cm³/mol. The van der Waals surface area contributed by atoms with Crippen LogP contribution in [0.4, 0.5) is 0 Å². The maximum absolute atomic E-state index is 13.6. The van der Waals surface area contributed by atoms with Crippen LogP contribution in [0.15, 0.2) is 41.2 Å². The molecule has 196 valence electrons. The van der Waals surface area contributed by atoms with Crippen molar-refractivity contribution in [3.63, 3.8) is 0 Å². The monoisotopic (exact) mass is 516 g/mol. The zero-order chi connectivity index (χ0) is 27.0. The molecule has 0 radical (unpaired) electrons. The molecule has 0 N–H and O–H groups in total. The molecule has 0 fully saturated rings. The van der Waals surface area contributed by atoms with Crippen LogP contribution in [0.3, 0.4) is 0 Å². The Morgan fingerprint density at radius 2 is 1.87 bits per heavy atom. The van der Waals surface area contributed by atoms with Gasteiger partial charge in [0, 0.05) is 35.8 Å². The first-order valence-corrected chi connectivity index (χ1v) is 12.8. The number of cyclic esters (lactones) is 1. The molecule has 4 heterocycles. The van der Waals surface area contributed by atoms with E-state index in [1.54, 1.807) is 17.6 Å². The lowest BCUT2D eigenvalue weighted by Crippen LogP contribution is -2.47. The van der Waals surface area contributed by atoms with Gasteiger partial charge in [0.05, 0.1) is 35.4 Å². The van der Waals surface area contributed by atoms with Crippen LogP contribution in [0.1, 0.15) is 69.1 Å². The summed E-state index contributed by atoms with van der Waals surface area (Å²) in [6.07, 6.45) is 0.713. The Bertz CT molecular complexity index is 1550. The summed E-state index contributed by atoms with van der Waals surface area (Å²) in [6.45, 7) is 3.27. The Morgan fingerprint density at radius 3 is 2.63 bits per heavy atom. The summed E-state index contributed by atoms with van der Waals surface area (Å²) in [5.74, 6) is -1.64. The number of pyridine rings is 2. The highest BCUT2D eigenvalue weighted by Gasteiger charge is 2.50. The first kappa shape index (κ1) is 25.5. The molecule has 0 saturated carbocycles. The number of ether oxygens (including phenoxy) is 2. The highest BCUT2D eigenvalue weighted by atomic mass is 16.6. The number of para-hydroxylation sites is 1. The van der Waals surface area contributed by atoms with E-state index in [1.165, 1.54) is 6.92 Å². The number of hydrogen-bond acceptors (Lipinski definition) is 8. The van der Waals surface area contributed by atoms with Gasteiger partial charge in [-0.1, -0.05) is 25.1 Å². The van der Waals surface area contributed by atoms with E-state index in [0.717, 1.165) is 16.5 Å². The van der Waals surface area contributed by atoms with Gasteiger partial charge in [0.2, 0.25) is 5.60 Å². The molecular formula is C29H28N2O7. The van der Waals surface area contributed by atoms with Gasteiger partial charge in [-0.2, -0.15) is 0 Å². The summed E-state index contributed by atoms with van der Waals surface area (Å²) in [6, 6.07) is 11.4. The molecule has 9 heteroatoms. The van der Waals surface area contributed by atoms with Crippen molar-refractivity contribution < 1.29 is 28.7 Å². The smallest absolute Gasteiger partial charge is 0.355 e. The first-order chi connectivity index (χ1) is 18.2. The second kappa shape index (κ2) is 9.96. The molecule has 2 aliphatic heterocycles. The van der Waals surface area contributed by atoms with Gasteiger partial charge >= 0.3 is 11.9 Å². The van der Waals surface area contributed by atoms with Crippen LogP contribution in [0, 0.1) is 0 Å². The number of hydrogen-bond donors (Lipinski definition) is 0. The Labute approximate surface area is 218 Å². The molecule has 0 amide bonds. The normalized spacial score (nSPS) is 17.4. The summed E-state index contributed by atoms with van der Waals surface area (Å²) >= 11 is 0. The van der Waals surface area contributed by atoms with Crippen LogP contribution in [-0.4, -0.2) is 33.1 Å². The molecule has 5 rings (SSSR count). The van der Waals surface area contributed by atoms with Crippen molar-refractivity contribution in [2.75, 3.05) is 0 Å². The topological polar surface area (TPSA) is 122 Å². The van der Waals surface area contributed by atoms with E-state index in [0.29, 0.717) is 36.3 Å². The zero-order valence-corrected chi connectivity index (χ0v) is 21.4. The molecule has 0 saturated heterocycles. The summed E-state index contributed by atoms with van der Waals surface area (Å²) < 4.78 is 12.7. The standard InChI is InChI=1S/C29H28N2O7/c1-3-29(38-25(34)12-11-20(33)9-6-7-17(2)32)22-14-24-26-19(13-18-8-4-5-10-23(18)30-26)15-31(24)27(35)21(22)16-37-28(29)36/h4-5,8,10,13-14H,3,6-7,9,11-12,15-16H2,1-2H3/t29-/m1/s1. The summed E-state index contributed by atoms with van der Waals surface area (Å²) in [7, 11) is 0. The molecule has 2 aliphatic rings. The number of ketones is 2. The molecular weight excluding hydrogens is 488 g/mol. The molecule has 38 heavy (non-hydrogen) atoms. The molecule has 1 aromatic carbocycles. The Morgan fingerprint density at radius 1 is 1.08 bits per heavy atom. The lowest BCUT2D eigenvalue weighted by Gasteiger charge is -2.35. The Kier molecular flexibility index (Phi) is 6.69. The van der Waals surface area contributed by atoms with Crippen molar-refractivity contribution in [2.45, 2.75) is 71.1 Å². The van der Waals surface area contributed by atoms with E-state index >= 15 is 0 Å². The van der Waals surface area contributed by atoms with Crippen LogP contribution in [0.25, 0.3) is 22.3 Å². The zero-order valence-electron chi connectivity index (χ0n) is 21.4. The Balaban J connectivity index is 1.46. The number of carbonyl (C=O) groups excluding carboxylic acids is 4. The van der Waals surface area contributed by atoms with E-state index < -0.39 is 17.5 Å². The molecule has 3 aromatic rings. The van der Waals surface area contributed by atoms with E-state index in [1.807, 2.05) is 30.3 Å². The van der Waals surface area contributed by atoms with Crippen LogP contribution in [0.5, 0.6) is 0 Å². The van der Waals surface area contributed by atoms with Gasteiger partial charge in [0.25, 0.3) is 5.56 Å². The van der Waals surface area contributed by atoms with E-state index in [9.17, 15) is 24.0 Å². The quantitative estimate of drug-likeness (QED) is 0.309. The van der Waals surface area contributed by atoms with Gasteiger partial charge in [-0.25, -0.2) is 9.78 Å². The lowest BCUT2D eigenvalue weighted by molar-refractivity contribution is -0.189. The molecule has 0 bridgehead atoms. The molecule has 2 aromatic heterocycles. The third kappa shape index (κ3) is 4.42. The summed E-state index contributed by atoms with van der Waals surface area (Å²) in [5, 5.41) is 0.961. The number of esters is 2. The predicted octanol–water partition coefficient (Wildman–Crippen LogP) is 3.74. The second-order valence-electron chi connectivity index (χ2n) is 9.83. The van der Waals surface area contributed by atoms with Crippen LogP contribution < -0.4 is 5.56 Å². The number of rotatable bonds is 9. The van der Waals surface area contributed by atoms with Crippen LogP contribution in [-0.2, 0) is 47.4 Å². The maximum atomic E-state index is 13.6. The van der Waals surface area contributed by atoms with Crippen molar-refractivity contribution in [3.05, 3.63) is 63.4 Å². The van der Waals surface area contributed by atoms with Crippen molar-refractivity contribution in [3.8, 4) is 11.4 Å². The number of nitrogens with zero attached hydrogens (tertiary/aromatic N) is 2. The minimum absolute atomic E-state index is 0.00461. The number of carbonyl (C=O) groups is 4. The minimum atomic E-state index is -1.79. The van der Waals surface area contributed by atoms with Crippen molar-refractivity contribution in [1.29, 1.82) is 0 Å². The van der Waals surface area contributed by atoms with E-state index in [4.69, 9.17) is 14.5 Å². The van der Waals surface area contributed by atoms with E-state index in [-0.39, 0.29) is 55.0 Å². The van der Waals surface area contributed by atoms with Crippen molar-refractivity contribution in [1.82, 2.24) is 9.55 Å². The van der Waals surface area contributed by atoms with Crippen molar-refractivity contribution >= 4 is 34.4 Å². The number of benzene rings is 1. The Hall–Kier alpha value is -4.14. The van der Waals surface area contributed by atoms with E-state index in [2.05, 4.69) is 0 Å². The molecule has 0 spiro atoms. The first-order valence-electron chi connectivity index (χ1n) is 12.8. The maximum Gasteiger partial charge on any atom is 0.355 e. The highest BCUT2D eigenvalue weighted by Crippen LogP contribution is 2.41. The largest absolute Gasteiger partial charge is 0.457 e. The number of Topliss-reactive ketones (excluding diaryl/α,β-unsaturated/α-hetero) is 2. The third-order valence-corrected chi connectivity index (χ3v) is 7.27. The molecule has 9 nitrogen and oxygen atoms in total. The van der Waals surface area contributed by atoms with Gasteiger partial charge in [-0.05, 0) is 38.0 Å². The SMILES string of the molecule is CC[C@]1(OC(=O)CCC(=O)CCCC(C)=O)C(=O)OCc2c1cc1n(c2=O)Cc2cc3ccccc3nc2-1. The van der Waals surface area contributed by atoms with Gasteiger partial charge < -0.3 is 18.8 Å². The fourth-order valence-corrected chi connectivity index (χ4v) is 5.23. The number of aromatic nitrogens is 2. The second-order valence-corrected chi connectivity index (χ2v) is 9.83. The number of fused-ring (bicyclic) bond motifs is 5. The molecule has 0 aliphatic carbocycles. The van der Waals surface area contributed by atoms with Crippen molar-refractivity contribution in [2.24, 2.45) is 0 Å². The van der Waals surface area contributed by atoms with Gasteiger partial charge in [0.1, 0.15) is 18.2 Å². The summed E-state index contributed by atoms with van der Waals surface area (Å²) in [4.78, 5) is 67.5. The van der Waals surface area contributed by atoms with Crippen LogP contribution >= 0.6 is 0 Å². The highest BCUT2D eigenvalue weighted by molar-refractivity contribution is 5.89. The average molecular weight is 517 g/mol. The van der Waals surface area contributed by atoms with Gasteiger partial charge in [-0.3, -0.25) is 14.4 Å². The van der Waals surface area contributed by atoms with Gasteiger partial charge in [0.15, 0.2) is 0 Å². The average Bonchev–Trinajstić information content (AvgIpc) is 3.25.